The summed E-state index contributed by atoms with van der Waals surface area (Å²) in [5.41, 5.74) is -0.0428. The lowest BCUT2D eigenvalue weighted by Gasteiger charge is -2.47. The fraction of sp³-hybridized carbons (Fsp3) is 0.923. The molecule has 4 aliphatic carbocycles. The Balaban J connectivity index is 1.87. The van der Waals surface area contributed by atoms with Gasteiger partial charge in [0.2, 0.25) is 0 Å². The van der Waals surface area contributed by atoms with Crippen molar-refractivity contribution in [1.82, 2.24) is 0 Å². The Morgan fingerprint density at radius 3 is 2.13 bits per heavy atom. The maximum Gasteiger partial charge on any atom is 0.303 e. The van der Waals surface area contributed by atoms with Gasteiger partial charge in [-0.05, 0) is 49.9 Å². The van der Waals surface area contributed by atoms with Crippen molar-refractivity contribution in [3.63, 3.8) is 0 Å². The predicted octanol–water partition coefficient (Wildman–Crippen LogP) is 2.91. The van der Waals surface area contributed by atoms with E-state index in [1.807, 2.05) is 0 Å². The molecule has 0 aliphatic heterocycles. The third-order valence-corrected chi connectivity index (χ3v) is 4.66. The Bertz CT molecular complexity index is 268. The first-order valence-electron chi connectivity index (χ1n) is 6.35. The second-order valence-electron chi connectivity index (χ2n) is 6.04. The minimum atomic E-state index is -0.0723. The number of carbonyl (C=O) groups is 1. The van der Waals surface area contributed by atoms with Crippen LogP contribution >= 0.6 is 0 Å². The minimum absolute atomic E-state index is 0.0428. The molecule has 4 saturated carbocycles. The van der Waals surface area contributed by atoms with Gasteiger partial charge in [0.15, 0.2) is 0 Å². The molecule has 15 heavy (non-hydrogen) atoms. The summed E-state index contributed by atoms with van der Waals surface area (Å²) >= 11 is 0. The van der Waals surface area contributed by atoms with Crippen LogP contribution in [0.15, 0.2) is 0 Å². The van der Waals surface area contributed by atoms with Crippen LogP contribution in [0, 0.1) is 17.8 Å². The van der Waals surface area contributed by atoms with Crippen LogP contribution < -0.4 is 0 Å². The Labute approximate surface area is 91.4 Å². The van der Waals surface area contributed by atoms with Gasteiger partial charge in [-0.3, -0.25) is 4.79 Å². The standard InChI is InChI=1S/C13H20O2/c1-9(14)15-13-6-10-2-3-11(7-13)5-12(4-10)8-13/h10-12H,2-8H2,1H3. The average Bonchev–Trinajstić information content (AvgIpc) is 2.29. The highest BCUT2D eigenvalue weighted by Gasteiger charge is 2.50. The maximum atomic E-state index is 11.2. The molecule has 84 valence electrons. The zero-order valence-corrected chi connectivity index (χ0v) is 9.50. The first kappa shape index (κ1) is 9.68. The van der Waals surface area contributed by atoms with Gasteiger partial charge in [-0.15, -0.1) is 0 Å². The number of carbonyl (C=O) groups excluding carboxylic acids is 1. The second-order valence-corrected chi connectivity index (χ2v) is 6.04. The Kier molecular flexibility index (Phi) is 2.08. The summed E-state index contributed by atoms with van der Waals surface area (Å²) < 4.78 is 5.69. The lowest BCUT2D eigenvalue weighted by molar-refractivity contribution is -0.170. The molecule has 0 N–H and O–H groups in total. The van der Waals surface area contributed by atoms with Crippen molar-refractivity contribution in [3.05, 3.63) is 0 Å². The molecule has 0 heterocycles. The first-order chi connectivity index (χ1) is 7.15. The molecule has 0 saturated heterocycles. The Morgan fingerprint density at radius 1 is 1.07 bits per heavy atom. The Hall–Kier alpha value is -0.530. The van der Waals surface area contributed by atoms with Crippen LogP contribution in [-0.4, -0.2) is 11.6 Å². The van der Waals surface area contributed by atoms with Gasteiger partial charge in [0.1, 0.15) is 5.60 Å². The predicted molar refractivity (Wildman–Crippen MR) is 57.3 cm³/mol. The fourth-order valence-corrected chi connectivity index (χ4v) is 4.54. The molecular weight excluding hydrogens is 188 g/mol. The largest absolute Gasteiger partial charge is 0.459 e. The van der Waals surface area contributed by atoms with Gasteiger partial charge in [-0.2, -0.15) is 0 Å². The third-order valence-electron chi connectivity index (χ3n) is 4.66. The molecule has 0 aromatic heterocycles. The van der Waals surface area contributed by atoms with Gasteiger partial charge in [0.05, 0.1) is 0 Å². The number of fused-ring (bicyclic) bond motifs is 1. The number of hydrogen-bond acceptors (Lipinski definition) is 2. The first-order valence-corrected chi connectivity index (χ1v) is 6.35. The highest BCUT2D eigenvalue weighted by Crippen LogP contribution is 2.54. The highest BCUT2D eigenvalue weighted by molar-refractivity contribution is 5.66. The van der Waals surface area contributed by atoms with E-state index in [-0.39, 0.29) is 11.6 Å². The van der Waals surface area contributed by atoms with Gasteiger partial charge in [0, 0.05) is 6.92 Å². The van der Waals surface area contributed by atoms with Crippen molar-refractivity contribution >= 4 is 5.97 Å². The van der Waals surface area contributed by atoms with Gasteiger partial charge in [0.25, 0.3) is 0 Å². The van der Waals surface area contributed by atoms with E-state index < -0.39 is 0 Å². The molecule has 4 rings (SSSR count). The fourth-order valence-electron chi connectivity index (χ4n) is 4.54. The summed E-state index contributed by atoms with van der Waals surface area (Å²) in [6.07, 6.45) is 9.02. The molecule has 4 bridgehead atoms. The van der Waals surface area contributed by atoms with Gasteiger partial charge < -0.3 is 4.74 Å². The highest BCUT2D eigenvalue weighted by atomic mass is 16.6. The molecule has 2 nitrogen and oxygen atoms in total. The van der Waals surface area contributed by atoms with E-state index in [1.165, 1.54) is 25.7 Å². The van der Waals surface area contributed by atoms with E-state index in [0.29, 0.717) is 0 Å². The maximum absolute atomic E-state index is 11.2. The summed E-state index contributed by atoms with van der Waals surface area (Å²) in [6, 6.07) is 0. The number of hydrogen-bond donors (Lipinski definition) is 0. The van der Waals surface area contributed by atoms with Crippen molar-refractivity contribution in [3.8, 4) is 0 Å². The molecule has 0 aromatic rings. The second kappa shape index (κ2) is 3.23. The van der Waals surface area contributed by atoms with Crippen molar-refractivity contribution in [2.45, 2.75) is 57.5 Å². The quantitative estimate of drug-likeness (QED) is 0.619. The normalized spacial score (nSPS) is 47.7. The average molecular weight is 208 g/mol. The van der Waals surface area contributed by atoms with Crippen LogP contribution in [0.1, 0.15) is 51.9 Å². The molecular formula is C13H20O2. The molecule has 2 atom stereocenters. The monoisotopic (exact) mass is 208 g/mol. The molecule has 0 amide bonds. The van der Waals surface area contributed by atoms with E-state index in [4.69, 9.17) is 4.74 Å². The smallest absolute Gasteiger partial charge is 0.303 e. The summed E-state index contributed by atoms with van der Waals surface area (Å²) in [5, 5.41) is 0. The summed E-state index contributed by atoms with van der Waals surface area (Å²) in [6.45, 7) is 1.56. The van der Waals surface area contributed by atoms with Crippen LogP contribution in [0.3, 0.4) is 0 Å². The van der Waals surface area contributed by atoms with Gasteiger partial charge in [-0.1, -0.05) is 12.8 Å². The zero-order valence-electron chi connectivity index (χ0n) is 9.50. The van der Waals surface area contributed by atoms with Crippen LogP contribution in [0.5, 0.6) is 0 Å². The lowest BCUT2D eigenvalue weighted by Crippen LogP contribution is -2.46. The van der Waals surface area contributed by atoms with E-state index in [2.05, 4.69) is 0 Å². The van der Waals surface area contributed by atoms with Crippen molar-refractivity contribution in [2.24, 2.45) is 17.8 Å². The number of rotatable bonds is 1. The number of esters is 1. The number of ether oxygens (including phenoxy) is 1. The minimum Gasteiger partial charge on any atom is -0.459 e. The van der Waals surface area contributed by atoms with E-state index in [9.17, 15) is 4.79 Å². The van der Waals surface area contributed by atoms with Gasteiger partial charge >= 0.3 is 5.97 Å². The van der Waals surface area contributed by atoms with Crippen LogP contribution in [0.4, 0.5) is 0 Å². The van der Waals surface area contributed by atoms with E-state index in [1.54, 1.807) is 6.92 Å². The SMILES string of the molecule is CC(=O)OC12CC3CCC(CC(C3)C1)C2. The summed E-state index contributed by atoms with van der Waals surface area (Å²) in [4.78, 5) is 11.2. The molecule has 0 spiro atoms. The molecule has 2 heteroatoms. The van der Waals surface area contributed by atoms with E-state index >= 15 is 0 Å². The molecule has 4 aliphatic rings. The van der Waals surface area contributed by atoms with Crippen molar-refractivity contribution in [1.29, 1.82) is 0 Å². The Morgan fingerprint density at radius 2 is 1.60 bits per heavy atom. The third kappa shape index (κ3) is 1.68. The molecule has 0 radical (unpaired) electrons. The molecule has 2 unspecified atom stereocenters. The van der Waals surface area contributed by atoms with Gasteiger partial charge in [-0.25, -0.2) is 0 Å². The molecule has 4 fully saturated rings. The van der Waals surface area contributed by atoms with Crippen LogP contribution in [0.25, 0.3) is 0 Å². The summed E-state index contributed by atoms with van der Waals surface area (Å²) in [5.74, 6) is 2.47. The topological polar surface area (TPSA) is 26.3 Å². The van der Waals surface area contributed by atoms with Crippen LogP contribution in [0.2, 0.25) is 0 Å². The van der Waals surface area contributed by atoms with Crippen molar-refractivity contribution in [2.75, 3.05) is 0 Å². The van der Waals surface area contributed by atoms with Crippen molar-refractivity contribution < 1.29 is 9.53 Å². The lowest BCUT2D eigenvalue weighted by atomic mass is 9.65. The van der Waals surface area contributed by atoms with Crippen LogP contribution in [-0.2, 0) is 9.53 Å². The van der Waals surface area contributed by atoms with E-state index in [0.717, 1.165) is 37.0 Å². The summed E-state index contributed by atoms with van der Waals surface area (Å²) in [7, 11) is 0. The zero-order chi connectivity index (χ0) is 10.5. The molecule has 0 aromatic carbocycles.